The number of nitrogens with zero attached hydrogens (tertiary/aromatic N) is 2. The summed E-state index contributed by atoms with van der Waals surface area (Å²) >= 11 is 3.67. The third kappa shape index (κ3) is 2.93. The van der Waals surface area contributed by atoms with Gasteiger partial charge in [0, 0.05) is 48.2 Å². The smallest absolute Gasteiger partial charge is 0.0716 e. The number of hydrogen-bond acceptors (Lipinski definition) is 4. The second kappa shape index (κ2) is 7.17. The molecule has 6 aromatic rings. The van der Waals surface area contributed by atoms with Crippen LogP contribution in [0.5, 0.6) is 0 Å². The fourth-order valence-corrected chi connectivity index (χ4v) is 6.03. The summed E-state index contributed by atoms with van der Waals surface area (Å²) < 4.78 is 0. The SMILES string of the molecule is c1ccc2c(-c3ccc(-c4ccc(-c5ccncc5)s4)s3)c3ccccc3nc2c1. The van der Waals surface area contributed by atoms with Crippen molar-refractivity contribution in [1.82, 2.24) is 9.97 Å². The number of aromatic nitrogens is 2. The van der Waals surface area contributed by atoms with Crippen LogP contribution in [-0.4, -0.2) is 9.97 Å². The van der Waals surface area contributed by atoms with E-state index in [-0.39, 0.29) is 0 Å². The molecule has 2 nitrogen and oxygen atoms in total. The molecule has 4 aromatic heterocycles. The zero-order chi connectivity index (χ0) is 19.9. The van der Waals surface area contributed by atoms with Crippen molar-refractivity contribution in [3.63, 3.8) is 0 Å². The Morgan fingerprint density at radius 3 is 1.70 bits per heavy atom. The molecule has 0 bridgehead atoms. The Bertz CT molecular complexity index is 1440. The standard InChI is InChI=1S/C26H16N2S2/c1-3-7-20-18(5-1)26(19-6-2-4-8-21(19)28-20)25-12-11-24(30-25)23-10-9-22(29-23)17-13-15-27-16-14-17/h1-16H. The molecule has 6 rings (SSSR count). The van der Waals surface area contributed by atoms with E-state index in [0.717, 1.165) is 11.0 Å². The quantitative estimate of drug-likeness (QED) is 0.272. The normalized spacial score (nSPS) is 11.3. The van der Waals surface area contributed by atoms with E-state index in [0.29, 0.717) is 0 Å². The van der Waals surface area contributed by atoms with Crippen LogP contribution in [0.4, 0.5) is 0 Å². The average Bonchev–Trinajstić information content (AvgIpc) is 3.48. The van der Waals surface area contributed by atoms with Gasteiger partial charge in [0.2, 0.25) is 0 Å². The fourth-order valence-electron chi connectivity index (χ4n) is 3.85. The number of fused-ring (bicyclic) bond motifs is 2. The summed E-state index contributed by atoms with van der Waals surface area (Å²) in [6.07, 6.45) is 3.69. The summed E-state index contributed by atoms with van der Waals surface area (Å²) in [6, 6.07) is 29.9. The van der Waals surface area contributed by atoms with E-state index >= 15 is 0 Å². The minimum Gasteiger partial charge on any atom is -0.265 e. The van der Waals surface area contributed by atoms with Crippen molar-refractivity contribution in [3.8, 4) is 30.6 Å². The molecule has 2 aromatic carbocycles. The van der Waals surface area contributed by atoms with Crippen molar-refractivity contribution >= 4 is 44.5 Å². The van der Waals surface area contributed by atoms with Gasteiger partial charge in [-0.25, -0.2) is 4.98 Å². The van der Waals surface area contributed by atoms with Gasteiger partial charge in [0.05, 0.1) is 11.0 Å². The Hall–Kier alpha value is -3.34. The average molecular weight is 421 g/mol. The lowest BCUT2D eigenvalue weighted by Crippen LogP contribution is -1.86. The molecular formula is C26H16N2S2. The Morgan fingerprint density at radius 2 is 1.03 bits per heavy atom. The molecule has 0 unspecified atom stereocenters. The predicted octanol–water partition coefficient (Wildman–Crippen LogP) is 7.91. The Labute approximate surface area is 182 Å². The van der Waals surface area contributed by atoms with Gasteiger partial charge in [0.15, 0.2) is 0 Å². The third-order valence-electron chi connectivity index (χ3n) is 5.25. The van der Waals surface area contributed by atoms with Crippen molar-refractivity contribution in [2.24, 2.45) is 0 Å². The van der Waals surface area contributed by atoms with E-state index in [2.05, 4.69) is 89.9 Å². The summed E-state index contributed by atoms with van der Waals surface area (Å²) in [7, 11) is 0. The zero-order valence-corrected chi connectivity index (χ0v) is 17.6. The molecular weight excluding hydrogens is 404 g/mol. The maximum atomic E-state index is 4.87. The van der Waals surface area contributed by atoms with E-state index in [1.54, 1.807) is 0 Å². The van der Waals surface area contributed by atoms with Crippen molar-refractivity contribution in [2.75, 3.05) is 0 Å². The van der Waals surface area contributed by atoms with E-state index < -0.39 is 0 Å². The molecule has 0 aliphatic rings. The van der Waals surface area contributed by atoms with E-state index in [1.165, 1.54) is 41.4 Å². The highest BCUT2D eigenvalue weighted by atomic mass is 32.1. The molecule has 0 aliphatic carbocycles. The van der Waals surface area contributed by atoms with Crippen molar-refractivity contribution in [3.05, 3.63) is 97.3 Å². The first kappa shape index (κ1) is 17.5. The number of rotatable bonds is 3. The Balaban J connectivity index is 1.50. The maximum absolute atomic E-state index is 4.87. The number of hydrogen-bond donors (Lipinski definition) is 0. The Morgan fingerprint density at radius 1 is 0.500 bits per heavy atom. The third-order valence-corrected chi connectivity index (χ3v) is 7.69. The number of para-hydroxylation sites is 2. The highest BCUT2D eigenvalue weighted by molar-refractivity contribution is 7.25. The van der Waals surface area contributed by atoms with Crippen LogP contribution in [0.25, 0.3) is 52.4 Å². The summed E-state index contributed by atoms with van der Waals surface area (Å²) in [4.78, 5) is 14.1. The molecule has 0 atom stereocenters. The van der Waals surface area contributed by atoms with E-state index in [4.69, 9.17) is 4.98 Å². The van der Waals surface area contributed by atoms with Gasteiger partial charge < -0.3 is 0 Å². The van der Waals surface area contributed by atoms with Gasteiger partial charge in [0.1, 0.15) is 0 Å². The number of pyridine rings is 2. The molecule has 0 aliphatic heterocycles. The van der Waals surface area contributed by atoms with Crippen LogP contribution in [0.2, 0.25) is 0 Å². The highest BCUT2D eigenvalue weighted by Crippen LogP contribution is 2.43. The van der Waals surface area contributed by atoms with Crippen LogP contribution in [0.3, 0.4) is 0 Å². The minimum atomic E-state index is 1.04. The van der Waals surface area contributed by atoms with Crippen LogP contribution < -0.4 is 0 Å². The van der Waals surface area contributed by atoms with Crippen LogP contribution >= 0.6 is 22.7 Å². The van der Waals surface area contributed by atoms with Crippen LogP contribution in [0.1, 0.15) is 0 Å². The van der Waals surface area contributed by atoms with E-state index in [9.17, 15) is 0 Å². The predicted molar refractivity (Wildman–Crippen MR) is 129 cm³/mol. The molecule has 0 radical (unpaired) electrons. The topological polar surface area (TPSA) is 25.8 Å². The lowest BCUT2D eigenvalue weighted by atomic mass is 10.0. The van der Waals surface area contributed by atoms with Crippen LogP contribution in [-0.2, 0) is 0 Å². The van der Waals surface area contributed by atoms with E-state index in [1.807, 2.05) is 35.1 Å². The monoisotopic (exact) mass is 420 g/mol. The minimum absolute atomic E-state index is 1.04. The Kier molecular flexibility index (Phi) is 4.18. The molecule has 142 valence electrons. The molecule has 4 heteroatoms. The van der Waals surface area contributed by atoms with Crippen molar-refractivity contribution in [2.45, 2.75) is 0 Å². The molecule has 0 spiro atoms. The van der Waals surface area contributed by atoms with Gasteiger partial charge in [-0.1, -0.05) is 36.4 Å². The van der Waals surface area contributed by atoms with Crippen LogP contribution in [0.15, 0.2) is 97.3 Å². The molecule has 0 saturated carbocycles. The van der Waals surface area contributed by atoms with Crippen molar-refractivity contribution in [1.29, 1.82) is 0 Å². The fraction of sp³-hybridized carbons (Fsp3) is 0. The number of thiophene rings is 2. The van der Waals surface area contributed by atoms with Gasteiger partial charge >= 0.3 is 0 Å². The van der Waals surface area contributed by atoms with Gasteiger partial charge in [-0.2, -0.15) is 0 Å². The van der Waals surface area contributed by atoms with Gasteiger partial charge in [-0.3, -0.25) is 4.98 Å². The zero-order valence-electron chi connectivity index (χ0n) is 15.9. The van der Waals surface area contributed by atoms with Gasteiger partial charge in [-0.05, 0) is 54.1 Å². The maximum Gasteiger partial charge on any atom is 0.0716 e. The first-order valence-corrected chi connectivity index (χ1v) is 11.4. The highest BCUT2D eigenvalue weighted by Gasteiger charge is 2.14. The summed E-state index contributed by atoms with van der Waals surface area (Å²) in [6.45, 7) is 0. The second-order valence-electron chi connectivity index (χ2n) is 7.08. The second-order valence-corrected chi connectivity index (χ2v) is 9.25. The molecule has 0 N–H and O–H groups in total. The van der Waals surface area contributed by atoms with Gasteiger partial charge in [0.25, 0.3) is 0 Å². The summed E-state index contributed by atoms with van der Waals surface area (Å²) in [5.74, 6) is 0. The first-order valence-electron chi connectivity index (χ1n) is 9.75. The first-order chi connectivity index (χ1) is 14.9. The summed E-state index contributed by atoms with van der Waals surface area (Å²) in [5.41, 5.74) is 4.57. The lowest BCUT2D eigenvalue weighted by Gasteiger charge is -2.09. The van der Waals surface area contributed by atoms with Gasteiger partial charge in [-0.15, -0.1) is 22.7 Å². The molecule has 0 fully saturated rings. The molecule has 0 amide bonds. The van der Waals surface area contributed by atoms with Crippen molar-refractivity contribution < 1.29 is 0 Å². The molecule has 4 heterocycles. The lowest BCUT2D eigenvalue weighted by molar-refractivity contribution is 1.33. The molecule has 30 heavy (non-hydrogen) atoms. The largest absolute Gasteiger partial charge is 0.265 e. The number of benzene rings is 2. The van der Waals surface area contributed by atoms with Crippen LogP contribution in [0, 0.1) is 0 Å². The summed E-state index contributed by atoms with van der Waals surface area (Å²) in [5, 5.41) is 2.40. The molecule has 0 saturated heterocycles.